The molecule has 3 aromatic carbocycles. The van der Waals surface area contributed by atoms with Gasteiger partial charge in [0.1, 0.15) is 6.61 Å². The van der Waals surface area contributed by atoms with Gasteiger partial charge in [0.25, 0.3) is 0 Å². The van der Waals surface area contributed by atoms with Crippen molar-refractivity contribution < 1.29 is 9.47 Å². The van der Waals surface area contributed by atoms with Crippen LogP contribution in [0, 0.1) is 0 Å². The number of halogens is 2. The Morgan fingerprint density at radius 1 is 1.17 bits per heavy atom. The number of fused-ring (bicyclic) bond motifs is 1. The lowest BCUT2D eigenvalue weighted by Crippen LogP contribution is -2.00. The second-order valence-corrected chi connectivity index (χ2v) is 8.63. The zero-order chi connectivity index (χ0) is 20.9. The summed E-state index contributed by atoms with van der Waals surface area (Å²) in [6.45, 7) is 0.402. The number of methoxy groups -OCH3 is 1. The Balaban J connectivity index is 1.46. The van der Waals surface area contributed by atoms with Crippen molar-refractivity contribution in [3.05, 3.63) is 81.3 Å². The van der Waals surface area contributed by atoms with Crippen LogP contribution in [0.3, 0.4) is 0 Å². The molecule has 0 atom stereocenters. The summed E-state index contributed by atoms with van der Waals surface area (Å²) in [5.41, 5.74) is 5.80. The average Bonchev–Trinajstić information content (AvgIpc) is 3.16. The number of thiazole rings is 1. The Morgan fingerprint density at radius 2 is 1.97 bits per heavy atom. The number of anilines is 1. The zero-order valence-corrected chi connectivity index (χ0v) is 19.1. The smallest absolute Gasteiger partial charge is 0.204 e. The van der Waals surface area contributed by atoms with E-state index in [2.05, 4.69) is 31.4 Å². The van der Waals surface area contributed by atoms with E-state index in [0.29, 0.717) is 23.1 Å². The maximum absolute atomic E-state index is 5.96. The van der Waals surface area contributed by atoms with Crippen molar-refractivity contribution in [3.8, 4) is 11.5 Å². The largest absolute Gasteiger partial charge is 0.493 e. The van der Waals surface area contributed by atoms with Crippen molar-refractivity contribution in [3.63, 3.8) is 0 Å². The number of hydrogen-bond acceptors (Lipinski definition) is 6. The van der Waals surface area contributed by atoms with Crippen LogP contribution >= 0.6 is 38.9 Å². The standard InChI is InChI=1S/C22H17BrClN3O2S/c1-28-19-11-15(12-25-27-22-26-18-4-2-3-5-20(18)30-22)10-17(23)21(19)29-13-14-6-8-16(24)9-7-14/h2-12H,13H2,1H3,(H,26,27)/b25-12-. The molecule has 0 aliphatic carbocycles. The van der Waals surface area contributed by atoms with Gasteiger partial charge in [-0.05, 0) is 63.5 Å². The van der Waals surface area contributed by atoms with Crippen LogP contribution in [0.15, 0.2) is 70.2 Å². The molecule has 1 N–H and O–H groups in total. The molecule has 8 heteroatoms. The molecule has 1 heterocycles. The number of hydrogen-bond donors (Lipinski definition) is 1. The highest BCUT2D eigenvalue weighted by Gasteiger charge is 2.12. The van der Waals surface area contributed by atoms with Crippen LogP contribution in [0.25, 0.3) is 10.2 Å². The minimum Gasteiger partial charge on any atom is -0.493 e. The molecule has 4 rings (SSSR count). The Bertz CT molecular complexity index is 1160. The van der Waals surface area contributed by atoms with Crippen molar-refractivity contribution in [2.24, 2.45) is 5.10 Å². The minimum atomic E-state index is 0.402. The van der Waals surface area contributed by atoms with Crippen LogP contribution in [0.4, 0.5) is 5.13 Å². The first kappa shape index (κ1) is 20.7. The topological polar surface area (TPSA) is 55.7 Å². The van der Waals surface area contributed by atoms with E-state index in [-0.39, 0.29) is 0 Å². The highest BCUT2D eigenvalue weighted by atomic mass is 79.9. The zero-order valence-electron chi connectivity index (χ0n) is 15.9. The molecule has 30 heavy (non-hydrogen) atoms. The summed E-state index contributed by atoms with van der Waals surface area (Å²) >= 11 is 11.0. The molecule has 0 saturated heterocycles. The SMILES string of the molecule is COc1cc(/C=N\Nc2nc3ccccc3s2)cc(Br)c1OCc1ccc(Cl)cc1. The van der Waals surface area contributed by atoms with Gasteiger partial charge in [0.2, 0.25) is 5.13 Å². The van der Waals surface area contributed by atoms with E-state index in [9.17, 15) is 0 Å². The number of para-hydroxylation sites is 1. The molecule has 0 radical (unpaired) electrons. The van der Waals surface area contributed by atoms with Gasteiger partial charge in [0.15, 0.2) is 11.5 Å². The fourth-order valence-electron chi connectivity index (χ4n) is 2.77. The van der Waals surface area contributed by atoms with Gasteiger partial charge in [-0.15, -0.1) is 0 Å². The molecular weight excluding hydrogens is 486 g/mol. The molecule has 0 saturated carbocycles. The summed E-state index contributed by atoms with van der Waals surface area (Å²) in [4.78, 5) is 4.50. The number of nitrogens with one attached hydrogen (secondary N) is 1. The first-order valence-electron chi connectivity index (χ1n) is 9.02. The monoisotopic (exact) mass is 501 g/mol. The third-order valence-corrected chi connectivity index (χ3v) is 6.00. The second-order valence-electron chi connectivity index (χ2n) is 6.31. The van der Waals surface area contributed by atoms with Gasteiger partial charge < -0.3 is 9.47 Å². The molecule has 0 aliphatic heterocycles. The summed E-state index contributed by atoms with van der Waals surface area (Å²) in [7, 11) is 1.61. The fourth-order valence-corrected chi connectivity index (χ4v) is 4.29. The van der Waals surface area contributed by atoms with E-state index in [1.54, 1.807) is 24.7 Å². The van der Waals surface area contributed by atoms with Crippen molar-refractivity contribution in [2.75, 3.05) is 12.5 Å². The number of hydrazone groups is 1. The van der Waals surface area contributed by atoms with E-state index in [1.807, 2.05) is 60.7 Å². The molecule has 0 unspecified atom stereocenters. The van der Waals surface area contributed by atoms with Gasteiger partial charge in [-0.1, -0.05) is 47.2 Å². The lowest BCUT2D eigenvalue weighted by atomic mass is 10.2. The van der Waals surface area contributed by atoms with Gasteiger partial charge >= 0.3 is 0 Å². The third kappa shape index (κ3) is 4.92. The van der Waals surface area contributed by atoms with Crippen LogP contribution in [-0.2, 0) is 6.61 Å². The average molecular weight is 503 g/mol. The van der Waals surface area contributed by atoms with Gasteiger partial charge in [-0.3, -0.25) is 5.43 Å². The normalized spacial score (nSPS) is 11.2. The summed E-state index contributed by atoms with van der Waals surface area (Å²) < 4.78 is 13.4. The Hall–Kier alpha value is -2.61. The van der Waals surface area contributed by atoms with Gasteiger partial charge in [0.05, 0.1) is 28.0 Å². The molecule has 1 aromatic heterocycles. The molecule has 0 fully saturated rings. The van der Waals surface area contributed by atoms with Crippen LogP contribution in [0.1, 0.15) is 11.1 Å². The highest BCUT2D eigenvalue weighted by molar-refractivity contribution is 9.10. The molecular formula is C22H17BrClN3O2S. The third-order valence-electron chi connectivity index (χ3n) is 4.22. The quantitative estimate of drug-likeness (QED) is 0.224. The van der Waals surface area contributed by atoms with Gasteiger partial charge in [-0.25, -0.2) is 4.98 Å². The molecule has 0 aliphatic rings. The van der Waals surface area contributed by atoms with E-state index in [1.165, 1.54) is 0 Å². The molecule has 5 nitrogen and oxygen atoms in total. The Kier molecular flexibility index (Phi) is 6.52. The molecule has 0 amide bonds. The summed E-state index contributed by atoms with van der Waals surface area (Å²) in [5.74, 6) is 1.24. The predicted molar refractivity (Wildman–Crippen MR) is 127 cm³/mol. The number of benzene rings is 3. The van der Waals surface area contributed by atoms with Crippen molar-refractivity contribution in [1.82, 2.24) is 4.98 Å². The van der Waals surface area contributed by atoms with Crippen LogP contribution < -0.4 is 14.9 Å². The number of rotatable bonds is 7. The highest BCUT2D eigenvalue weighted by Crippen LogP contribution is 2.37. The number of aromatic nitrogens is 1. The number of nitrogens with zero attached hydrogens (tertiary/aromatic N) is 2. The predicted octanol–water partition coefficient (Wildman–Crippen LogP) is 6.75. The summed E-state index contributed by atoms with van der Waals surface area (Å²) in [6, 6.07) is 19.3. The van der Waals surface area contributed by atoms with Crippen molar-refractivity contribution in [2.45, 2.75) is 6.61 Å². The van der Waals surface area contributed by atoms with Crippen LogP contribution in [0.5, 0.6) is 11.5 Å². The van der Waals surface area contributed by atoms with Crippen LogP contribution in [0.2, 0.25) is 5.02 Å². The minimum absolute atomic E-state index is 0.402. The van der Waals surface area contributed by atoms with E-state index < -0.39 is 0 Å². The lowest BCUT2D eigenvalue weighted by Gasteiger charge is -2.13. The maximum atomic E-state index is 5.96. The lowest BCUT2D eigenvalue weighted by molar-refractivity contribution is 0.282. The van der Waals surface area contributed by atoms with Gasteiger partial charge in [0, 0.05) is 5.02 Å². The summed E-state index contributed by atoms with van der Waals surface area (Å²) in [5, 5.41) is 5.73. The number of ether oxygens (including phenoxy) is 2. The van der Waals surface area contributed by atoms with E-state index in [0.717, 1.165) is 30.9 Å². The molecule has 152 valence electrons. The first-order valence-corrected chi connectivity index (χ1v) is 11.0. The summed E-state index contributed by atoms with van der Waals surface area (Å²) in [6.07, 6.45) is 1.71. The van der Waals surface area contributed by atoms with E-state index >= 15 is 0 Å². The van der Waals surface area contributed by atoms with Crippen molar-refractivity contribution in [1.29, 1.82) is 0 Å². The second kappa shape index (κ2) is 9.47. The van der Waals surface area contributed by atoms with Crippen molar-refractivity contribution >= 4 is 60.4 Å². The van der Waals surface area contributed by atoms with Crippen LogP contribution in [-0.4, -0.2) is 18.3 Å². The molecule has 4 aromatic rings. The molecule has 0 bridgehead atoms. The first-order chi connectivity index (χ1) is 14.6. The van der Waals surface area contributed by atoms with E-state index in [4.69, 9.17) is 21.1 Å². The fraction of sp³-hybridized carbons (Fsp3) is 0.0909. The van der Waals surface area contributed by atoms with Gasteiger partial charge in [-0.2, -0.15) is 5.10 Å². The molecule has 0 spiro atoms. The Morgan fingerprint density at radius 3 is 2.73 bits per heavy atom. The maximum Gasteiger partial charge on any atom is 0.204 e. The Labute approximate surface area is 191 Å².